The monoisotopic (exact) mass is 441 g/mol. The van der Waals surface area contributed by atoms with Gasteiger partial charge in [0.05, 0.1) is 17.3 Å². The highest BCUT2D eigenvalue weighted by atomic mass is 127. The van der Waals surface area contributed by atoms with Gasteiger partial charge >= 0.3 is 0 Å². The normalized spacial score (nSPS) is 10.3. The van der Waals surface area contributed by atoms with Gasteiger partial charge in [-0.3, -0.25) is 4.79 Å². The molecule has 0 saturated carbocycles. The molecular weight excluding hydrogens is 421 g/mol. The Morgan fingerprint density at radius 3 is 2.71 bits per heavy atom. The number of amides is 1. The summed E-state index contributed by atoms with van der Waals surface area (Å²) in [6.07, 6.45) is 0. The number of benzene rings is 2. The minimum atomic E-state index is -0.179. The number of methoxy groups -OCH3 is 1. The van der Waals surface area contributed by atoms with Gasteiger partial charge in [0.25, 0.3) is 5.91 Å². The van der Waals surface area contributed by atoms with E-state index in [0.29, 0.717) is 36.8 Å². The van der Waals surface area contributed by atoms with Crippen molar-refractivity contribution in [2.24, 2.45) is 0 Å². The first kappa shape index (κ1) is 18.5. The van der Waals surface area contributed by atoms with Crippen molar-refractivity contribution in [3.05, 3.63) is 51.6 Å². The molecule has 1 N–H and O–H groups in total. The van der Waals surface area contributed by atoms with Gasteiger partial charge < -0.3 is 19.5 Å². The molecule has 0 atom stereocenters. The number of carbonyl (C=O) groups excluding carboxylic acids is 1. The van der Waals surface area contributed by atoms with Crippen LogP contribution in [0.4, 0.5) is 5.69 Å². The summed E-state index contributed by atoms with van der Waals surface area (Å²) < 4.78 is 16.9. The SMILES string of the molecule is CCOCCOc1cccc(NC(=O)c2ccc(OC)c(I)c2)c1. The van der Waals surface area contributed by atoms with Crippen LogP contribution in [-0.4, -0.2) is 32.8 Å². The molecule has 5 nitrogen and oxygen atoms in total. The Labute approximate surface area is 155 Å². The Balaban J connectivity index is 1.99. The van der Waals surface area contributed by atoms with Crippen LogP contribution in [0.3, 0.4) is 0 Å². The van der Waals surface area contributed by atoms with Crippen LogP contribution in [0.15, 0.2) is 42.5 Å². The maximum absolute atomic E-state index is 12.4. The highest BCUT2D eigenvalue weighted by Crippen LogP contribution is 2.23. The van der Waals surface area contributed by atoms with Crippen LogP contribution >= 0.6 is 22.6 Å². The highest BCUT2D eigenvalue weighted by molar-refractivity contribution is 14.1. The average Bonchev–Trinajstić information content (AvgIpc) is 2.59. The molecule has 0 aliphatic rings. The molecule has 128 valence electrons. The number of carbonyl (C=O) groups is 1. The Bertz CT molecular complexity index is 690. The molecule has 0 spiro atoms. The quantitative estimate of drug-likeness (QED) is 0.498. The fraction of sp³-hybridized carbons (Fsp3) is 0.278. The first-order chi connectivity index (χ1) is 11.6. The lowest BCUT2D eigenvalue weighted by Crippen LogP contribution is -2.12. The number of nitrogens with one attached hydrogen (secondary N) is 1. The van der Waals surface area contributed by atoms with E-state index < -0.39 is 0 Å². The summed E-state index contributed by atoms with van der Waals surface area (Å²) in [6, 6.07) is 12.6. The van der Waals surface area contributed by atoms with Gasteiger partial charge in [-0.25, -0.2) is 0 Å². The molecule has 2 aromatic rings. The zero-order chi connectivity index (χ0) is 17.4. The van der Waals surface area contributed by atoms with Crippen LogP contribution in [0.1, 0.15) is 17.3 Å². The summed E-state index contributed by atoms with van der Waals surface area (Å²) in [6.45, 7) is 3.62. The number of anilines is 1. The van der Waals surface area contributed by atoms with Crippen molar-refractivity contribution in [3.8, 4) is 11.5 Å². The molecule has 0 aliphatic heterocycles. The Morgan fingerprint density at radius 2 is 2.00 bits per heavy atom. The molecule has 2 aromatic carbocycles. The summed E-state index contributed by atoms with van der Waals surface area (Å²) in [5.74, 6) is 1.26. The van der Waals surface area contributed by atoms with Gasteiger partial charge in [-0.15, -0.1) is 0 Å². The number of hydrogen-bond donors (Lipinski definition) is 1. The van der Waals surface area contributed by atoms with E-state index in [9.17, 15) is 4.79 Å². The molecular formula is C18H20INO4. The van der Waals surface area contributed by atoms with E-state index in [1.165, 1.54) is 0 Å². The van der Waals surface area contributed by atoms with Crippen molar-refractivity contribution in [2.75, 3.05) is 32.2 Å². The lowest BCUT2D eigenvalue weighted by molar-refractivity contribution is 0.102. The molecule has 0 aliphatic carbocycles. The van der Waals surface area contributed by atoms with Crippen LogP contribution in [-0.2, 0) is 4.74 Å². The van der Waals surface area contributed by atoms with Crippen molar-refractivity contribution < 1.29 is 19.0 Å². The molecule has 0 saturated heterocycles. The second-order valence-electron chi connectivity index (χ2n) is 4.88. The maximum Gasteiger partial charge on any atom is 0.255 e. The van der Waals surface area contributed by atoms with Crippen LogP contribution < -0.4 is 14.8 Å². The molecule has 2 rings (SSSR count). The summed E-state index contributed by atoms with van der Waals surface area (Å²) in [5, 5.41) is 2.87. The van der Waals surface area contributed by atoms with E-state index in [1.807, 2.05) is 25.1 Å². The number of hydrogen-bond acceptors (Lipinski definition) is 4. The minimum Gasteiger partial charge on any atom is -0.496 e. The van der Waals surface area contributed by atoms with E-state index in [2.05, 4.69) is 27.9 Å². The van der Waals surface area contributed by atoms with Crippen LogP contribution in [0.25, 0.3) is 0 Å². The Morgan fingerprint density at radius 1 is 1.17 bits per heavy atom. The Hall–Kier alpha value is -1.80. The van der Waals surface area contributed by atoms with Crippen LogP contribution in [0, 0.1) is 3.57 Å². The topological polar surface area (TPSA) is 56.8 Å². The molecule has 0 unspecified atom stereocenters. The van der Waals surface area contributed by atoms with E-state index in [4.69, 9.17) is 14.2 Å². The zero-order valence-corrected chi connectivity index (χ0v) is 15.8. The van der Waals surface area contributed by atoms with E-state index in [-0.39, 0.29) is 5.91 Å². The average molecular weight is 441 g/mol. The van der Waals surface area contributed by atoms with Crippen molar-refractivity contribution >= 4 is 34.2 Å². The summed E-state index contributed by atoms with van der Waals surface area (Å²) in [4.78, 5) is 12.4. The lowest BCUT2D eigenvalue weighted by atomic mass is 10.2. The third kappa shape index (κ3) is 5.38. The minimum absolute atomic E-state index is 0.179. The molecule has 6 heteroatoms. The molecule has 0 bridgehead atoms. The van der Waals surface area contributed by atoms with Gasteiger partial charge in [0.1, 0.15) is 18.1 Å². The van der Waals surface area contributed by atoms with Crippen molar-refractivity contribution in [1.29, 1.82) is 0 Å². The summed E-state index contributed by atoms with van der Waals surface area (Å²) in [7, 11) is 1.61. The number of rotatable bonds is 8. The number of ether oxygens (including phenoxy) is 3. The van der Waals surface area contributed by atoms with Crippen LogP contribution in [0.2, 0.25) is 0 Å². The molecule has 1 amide bonds. The fourth-order valence-electron chi connectivity index (χ4n) is 2.04. The van der Waals surface area contributed by atoms with Crippen molar-refractivity contribution in [3.63, 3.8) is 0 Å². The molecule has 0 fully saturated rings. The van der Waals surface area contributed by atoms with E-state index in [1.54, 1.807) is 31.4 Å². The second kappa shape index (κ2) is 9.48. The predicted molar refractivity (Wildman–Crippen MR) is 102 cm³/mol. The Kier molecular flexibility index (Phi) is 7.33. The third-order valence-electron chi connectivity index (χ3n) is 3.21. The molecule has 0 aromatic heterocycles. The maximum atomic E-state index is 12.4. The predicted octanol–water partition coefficient (Wildman–Crippen LogP) is 3.97. The van der Waals surface area contributed by atoms with Gasteiger partial charge in [0.2, 0.25) is 0 Å². The largest absolute Gasteiger partial charge is 0.496 e. The summed E-state index contributed by atoms with van der Waals surface area (Å²) in [5.41, 5.74) is 1.25. The standard InChI is InChI=1S/C18H20INO4/c1-3-23-9-10-24-15-6-4-5-14(12-15)20-18(21)13-7-8-17(22-2)16(19)11-13/h4-8,11-12H,3,9-10H2,1-2H3,(H,20,21). The zero-order valence-electron chi connectivity index (χ0n) is 13.7. The third-order valence-corrected chi connectivity index (χ3v) is 4.05. The highest BCUT2D eigenvalue weighted by Gasteiger charge is 2.09. The molecule has 0 heterocycles. The van der Waals surface area contributed by atoms with Gasteiger partial charge in [-0.2, -0.15) is 0 Å². The second-order valence-corrected chi connectivity index (χ2v) is 6.04. The van der Waals surface area contributed by atoms with Gasteiger partial charge in [-0.1, -0.05) is 6.07 Å². The van der Waals surface area contributed by atoms with Gasteiger partial charge in [0, 0.05) is 23.9 Å². The smallest absolute Gasteiger partial charge is 0.255 e. The van der Waals surface area contributed by atoms with Crippen LogP contribution in [0.5, 0.6) is 11.5 Å². The number of halogens is 1. The van der Waals surface area contributed by atoms with Gasteiger partial charge in [-0.05, 0) is 59.8 Å². The first-order valence-electron chi connectivity index (χ1n) is 7.59. The summed E-state index contributed by atoms with van der Waals surface area (Å²) >= 11 is 2.14. The fourth-order valence-corrected chi connectivity index (χ4v) is 2.77. The van der Waals surface area contributed by atoms with E-state index in [0.717, 1.165) is 9.32 Å². The lowest BCUT2D eigenvalue weighted by Gasteiger charge is -2.10. The first-order valence-corrected chi connectivity index (χ1v) is 8.67. The van der Waals surface area contributed by atoms with Crippen molar-refractivity contribution in [2.45, 2.75) is 6.92 Å². The molecule has 24 heavy (non-hydrogen) atoms. The van der Waals surface area contributed by atoms with Crippen molar-refractivity contribution in [1.82, 2.24) is 0 Å². The molecule has 0 radical (unpaired) electrons. The van der Waals surface area contributed by atoms with E-state index >= 15 is 0 Å². The van der Waals surface area contributed by atoms with Gasteiger partial charge in [0.15, 0.2) is 0 Å².